The van der Waals surface area contributed by atoms with Crippen LogP contribution in [0.4, 0.5) is 17.1 Å². The molecular formula is C34H33Br2N. The Morgan fingerprint density at radius 2 is 1.05 bits per heavy atom. The van der Waals surface area contributed by atoms with Gasteiger partial charge in [-0.05, 0) is 132 Å². The van der Waals surface area contributed by atoms with Crippen molar-refractivity contribution in [1.29, 1.82) is 0 Å². The minimum absolute atomic E-state index is 0.331. The van der Waals surface area contributed by atoms with Gasteiger partial charge in [0, 0.05) is 26.0 Å². The predicted octanol–water partition coefficient (Wildman–Crippen LogP) is 11.1. The summed E-state index contributed by atoms with van der Waals surface area (Å²) < 4.78 is 2.19. The Balaban J connectivity index is 1.42. The number of nitrogens with zero attached hydrogens (tertiary/aromatic N) is 1. The fraction of sp³-hybridized carbons (Fsp3) is 0.294. The molecule has 0 saturated heterocycles. The van der Waals surface area contributed by atoms with E-state index in [0.717, 1.165) is 14.6 Å². The van der Waals surface area contributed by atoms with E-state index in [1.807, 2.05) is 0 Å². The number of fused-ring (bicyclic) bond motifs is 2. The SMILES string of the molecule is Cc1cc(Br)ccc1N(c1ccc(-c2ccc3c(c2)C2(C)CCC3(C)CC2)cc1)c1ccc(Br)cc1C. The molecule has 4 aromatic rings. The van der Waals surface area contributed by atoms with Crippen LogP contribution >= 0.6 is 31.9 Å². The molecule has 3 aliphatic carbocycles. The van der Waals surface area contributed by atoms with Gasteiger partial charge in [-0.25, -0.2) is 0 Å². The molecule has 0 N–H and O–H groups in total. The molecule has 0 heterocycles. The molecular weight excluding hydrogens is 582 g/mol. The van der Waals surface area contributed by atoms with E-state index in [-0.39, 0.29) is 0 Å². The van der Waals surface area contributed by atoms with Gasteiger partial charge in [-0.2, -0.15) is 0 Å². The maximum Gasteiger partial charge on any atom is 0.0491 e. The van der Waals surface area contributed by atoms with Gasteiger partial charge in [0.1, 0.15) is 0 Å². The van der Waals surface area contributed by atoms with Crippen molar-refractivity contribution in [2.45, 2.75) is 64.2 Å². The summed E-state index contributed by atoms with van der Waals surface area (Å²) in [5.74, 6) is 0. The molecule has 0 unspecified atom stereocenters. The zero-order valence-electron chi connectivity index (χ0n) is 22.0. The van der Waals surface area contributed by atoms with Crippen LogP contribution in [0.1, 0.15) is 61.8 Å². The Hall–Kier alpha value is -2.36. The van der Waals surface area contributed by atoms with Gasteiger partial charge in [-0.15, -0.1) is 0 Å². The van der Waals surface area contributed by atoms with Crippen LogP contribution in [-0.4, -0.2) is 0 Å². The van der Waals surface area contributed by atoms with E-state index in [0.29, 0.717) is 10.8 Å². The Bertz CT molecular complexity index is 1440. The number of anilines is 3. The summed E-state index contributed by atoms with van der Waals surface area (Å²) in [6.45, 7) is 9.31. The molecule has 4 aromatic carbocycles. The van der Waals surface area contributed by atoms with Gasteiger partial charge < -0.3 is 4.90 Å². The molecule has 0 radical (unpaired) electrons. The highest BCUT2D eigenvalue weighted by Crippen LogP contribution is 2.56. The average Bonchev–Trinajstić information content (AvgIpc) is 2.88. The van der Waals surface area contributed by atoms with Gasteiger partial charge in [0.15, 0.2) is 0 Å². The van der Waals surface area contributed by atoms with Crippen LogP contribution in [0.25, 0.3) is 11.1 Å². The lowest BCUT2D eigenvalue weighted by molar-refractivity contribution is 0.188. The molecule has 188 valence electrons. The lowest BCUT2D eigenvalue weighted by Crippen LogP contribution is -2.44. The van der Waals surface area contributed by atoms with Gasteiger partial charge in [0.2, 0.25) is 0 Å². The number of hydrogen-bond donors (Lipinski definition) is 0. The first-order valence-corrected chi connectivity index (χ1v) is 14.8. The van der Waals surface area contributed by atoms with Gasteiger partial charge in [-0.3, -0.25) is 0 Å². The second kappa shape index (κ2) is 9.13. The molecule has 0 spiro atoms. The molecule has 0 atom stereocenters. The Kier molecular flexibility index (Phi) is 6.16. The van der Waals surface area contributed by atoms with Crippen LogP contribution in [0.2, 0.25) is 0 Å². The van der Waals surface area contributed by atoms with E-state index < -0.39 is 0 Å². The van der Waals surface area contributed by atoms with Gasteiger partial charge >= 0.3 is 0 Å². The summed E-state index contributed by atoms with van der Waals surface area (Å²) in [4.78, 5) is 2.38. The molecule has 2 bridgehead atoms. The van der Waals surface area contributed by atoms with Crippen molar-refractivity contribution >= 4 is 48.9 Å². The highest BCUT2D eigenvalue weighted by Gasteiger charge is 2.47. The third kappa shape index (κ3) is 4.29. The number of aryl methyl sites for hydroxylation is 2. The molecule has 3 aliphatic rings. The van der Waals surface area contributed by atoms with E-state index in [2.05, 4.69) is 143 Å². The first kappa shape index (κ1) is 24.9. The van der Waals surface area contributed by atoms with Crippen LogP contribution in [0.5, 0.6) is 0 Å². The van der Waals surface area contributed by atoms with Crippen LogP contribution < -0.4 is 4.90 Å². The highest BCUT2D eigenvalue weighted by atomic mass is 79.9. The quantitative estimate of drug-likeness (QED) is 0.221. The monoisotopic (exact) mass is 613 g/mol. The molecule has 7 rings (SSSR count). The Morgan fingerprint density at radius 1 is 0.568 bits per heavy atom. The summed E-state index contributed by atoms with van der Waals surface area (Å²) in [7, 11) is 0. The predicted molar refractivity (Wildman–Crippen MR) is 165 cm³/mol. The molecule has 0 aromatic heterocycles. The summed E-state index contributed by atoms with van der Waals surface area (Å²) in [5.41, 5.74) is 12.5. The molecule has 37 heavy (non-hydrogen) atoms. The second-order valence-electron chi connectivity index (χ2n) is 11.6. The highest BCUT2D eigenvalue weighted by molar-refractivity contribution is 9.10. The van der Waals surface area contributed by atoms with E-state index in [1.165, 1.54) is 59.3 Å². The van der Waals surface area contributed by atoms with E-state index in [4.69, 9.17) is 0 Å². The summed E-state index contributed by atoms with van der Waals surface area (Å²) >= 11 is 7.28. The lowest BCUT2D eigenvalue weighted by Gasteiger charge is -2.52. The number of halogens is 2. The normalized spacial score (nSPS) is 22.1. The van der Waals surface area contributed by atoms with Gasteiger partial charge in [-0.1, -0.05) is 76.0 Å². The fourth-order valence-corrected chi connectivity index (χ4v) is 7.54. The minimum atomic E-state index is 0.331. The van der Waals surface area contributed by atoms with Crippen LogP contribution in [-0.2, 0) is 10.8 Å². The zero-order chi connectivity index (χ0) is 25.9. The maximum absolute atomic E-state index is 3.64. The topological polar surface area (TPSA) is 3.24 Å². The van der Waals surface area contributed by atoms with Crippen LogP contribution in [0.3, 0.4) is 0 Å². The van der Waals surface area contributed by atoms with Crippen molar-refractivity contribution in [3.8, 4) is 11.1 Å². The maximum atomic E-state index is 3.64. The van der Waals surface area contributed by atoms with Gasteiger partial charge in [0.05, 0.1) is 0 Å². The summed E-state index contributed by atoms with van der Waals surface area (Å²) in [5, 5.41) is 0. The molecule has 1 nitrogen and oxygen atoms in total. The summed E-state index contributed by atoms with van der Waals surface area (Å²) in [6, 6.07) is 29.4. The molecule has 0 amide bonds. The largest absolute Gasteiger partial charge is 0.310 e. The zero-order valence-corrected chi connectivity index (χ0v) is 25.2. The summed E-state index contributed by atoms with van der Waals surface area (Å²) in [6.07, 6.45) is 5.27. The molecule has 3 heteroatoms. The van der Waals surface area contributed by atoms with Crippen molar-refractivity contribution in [2.75, 3.05) is 4.90 Å². The number of hydrogen-bond acceptors (Lipinski definition) is 1. The third-order valence-electron chi connectivity index (χ3n) is 9.04. The van der Waals surface area contributed by atoms with E-state index in [9.17, 15) is 0 Å². The lowest BCUT2D eigenvalue weighted by atomic mass is 9.52. The van der Waals surface area contributed by atoms with Crippen molar-refractivity contribution in [1.82, 2.24) is 0 Å². The first-order valence-electron chi connectivity index (χ1n) is 13.2. The van der Waals surface area contributed by atoms with Gasteiger partial charge in [0.25, 0.3) is 0 Å². The first-order chi connectivity index (χ1) is 17.7. The standard InChI is InChI=1S/C34H33Br2N/c1-22-19-26(35)8-13-31(22)37(32-14-9-27(36)20-23(32)2)28-10-5-24(6-11-28)25-7-12-29-30(21-25)34(4)17-15-33(29,3)16-18-34/h5-14,19-21H,15-18H2,1-4H3. The van der Waals surface area contributed by atoms with E-state index in [1.54, 1.807) is 11.1 Å². The molecule has 1 saturated carbocycles. The minimum Gasteiger partial charge on any atom is -0.310 e. The average molecular weight is 615 g/mol. The number of benzene rings is 4. The van der Waals surface area contributed by atoms with E-state index >= 15 is 0 Å². The van der Waals surface area contributed by atoms with Crippen LogP contribution in [0, 0.1) is 13.8 Å². The van der Waals surface area contributed by atoms with Crippen molar-refractivity contribution < 1.29 is 0 Å². The second-order valence-corrected chi connectivity index (χ2v) is 13.5. The Morgan fingerprint density at radius 3 is 1.57 bits per heavy atom. The van der Waals surface area contributed by atoms with Crippen molar-refractivity contribution in [2.24, 2.45) is 0 Å². The van der Waals surface area contributed by atoms with Crippen molar-refractivity contribution in [3.63, 3.8) is 0 Å². The molecule has 0 aliphatic heterocycles. The fourth-order valence-electron chi connectivity index (χ4n) is 6.59. The molecule has 1 fully saturated rings. The smallest absolute Gasteiger partial charge is 0.0491 e. The number of rotatable bonds is 4. The Labute approximate surface area is 238 Å². The van der Waals surface area contributed by atoms with Crippen molar-refractivity contribution in [3.05, 3.63) is 110 Å². The van der Waals surface area contributed by atoms with Crippen LogP contribution in [0.15, 0.2) is 87.8 Å². The third-order valence-corrected chi connectivity index (χ3v) is 10.0.